The first-order valence-corrected chi connectivity index (χ1v) is 9.20. The van der Waals surface area contributed by atoms with Crippen LogP contribution in [-0.4, -0.2) is 37.7 Å². The van der Waals surface area contributed by atoms with Crippen molar-refractivity contribution in [2.24, 2.45) is 10.8 Å². The fourth-order valence-corrected chi connectivity index (χ4v) is 4.43. The van der Waals surface area contributed by atoms with E-state index in [2.05, 4.69) is 0 Å². The molecule has 2 aliphatic carbocycles. The molecule has 0 N–H and O–H groups in total. The molecule has 2 fully saturated rings. The lowest BCUT2D eigenvalue weighted by atomic mass is 9.88. The highest BCUT2D eigenvalue weighted by Gasteiger charge is 2.79. The Hall–Kier alpha value is -2.34. The largest absolute Gasteiger partial charge is 0.372 e. The van der Waals surface area contributed by atoms with Gasteiger partial charge in [-0.2, -0.15) is 0 Å². The zero-order valence-electron chi connectivity index (χ0n) is 14.9. The van der Waals surface area contributed by atoms with Crippen molar-refractivity contribution in [3.8, 4) is 0 Å². The van der Waals surface area contributed by atoms with E-state index >= 15 is 0 Å². The van der Waals surface area contributed by atoms with E-state index in [1.807, 2.05) is 30.3 Å². The number of rotatable bonds is 4. The number of hydrogen-bond acceptors (Lipinski definition) is 5. The molecular weight excluding hydrogens is 344 g/mol. The summed E-state index contributed by atoms with van der Waals surface area (Å²) in [7, 11) is 0. The minimum absolute atomic E-state index is 0.0749. The highest BCUT2D eigenvalue weighted by atomic mass is 16.7. The van der Waals surface area contributed by atoms with Gasteiger partial charge in [-0.05, 0) is 12.0 Å². The highest BCUT2D eigenvalue weighted by Crippen LogP contribution is 2.70. The van der Waals surface area contributed by atoms with Crippen LogP contribution in [0.4, 0.5) is 0 Å². The summed E-state index contributed by atoms with van der Waals surface area (Å²) in [6.07, 6.45) is 0.0372. The van der Waals surface area contributed by atoms with E-state index in [9.17, 15) is 9.59 Å². The molecule has 2 spiro atoms. The molecule has 1 saturated carbocycles. The van der Waals surface area contributed by atoms with E-state index in [1.165, 1.54) is 0 Å². The minimum Gasteiger partial charge on any atom is -0.372 e. The molecule has 0 bridgehead atoms. The van der Waals surface area contributed by atoms with E-state index in [0.717, 1.165) is 5.56 Å². The number of ketones is 2. The number of hydrogen-bond donors (Lipinski definition) is 0. The second kappa shape index (κ2) is 6.09. The first-order valence-electron chi connectivity index (χ1n) is 9.20. The van der Waals surface area contributed by atoms with Crippen LogP contribution in [0.5, 0.6) is 0 Å². The van der Waals surface area contributed by atoms with Gasteiger partial charge in [0.15, 0.2) is 17.9 Å². The van der Waals surface area contributed by atoms with Crippen molar-refractivity contribution >= 4 is 11.6 Å². The molecule has 27 heavy (non-hydrogen) atoms. The Kier molecular flexibility index (Phi) is 3.79. The summed E-state index contributed by atoms with van der Waals surface area (Å²) < 4.78 is 17.3. The van der Waals surface area contributed by atoms with Crippen LogP contribution in [0.1, 0.15) is 32.7 Å². The topological polar surface area (TPSA) is 61.8 Å². The Morgan fingerprint density at radius 1 is 0.889 bits per heavy atom. The van der Waals surface area contributed by atoms with Crippen molar-refractivity contribution in [2.75, 3.05) is 19.8 Å². The molecule has 0 radical (unpaired) electrons. The summed E-state index contributed by atoms with van der Waals surface area (Å²) in [6, 6.07) is 17.0. The Bertz CT molecular complexity index is 861. The Morgan fingerprint density at radius 3 is 2.11 bits per heavy atom. The van der Waals surface area contributed by atoms with Gasteiger partial charge in [0.2, 0.25) is 0 Å². The van der Waals surface area contributed by atoms with Crippen LogP contribution in [0.2, 0.25) is 0 Å². The zero-order chi connectivity index (χ0) is 18.5. The van der Waals surface area contributed by atoms with Gasteiger partial charge in [-0.1, -0.05) is 54.6 Å². The van der Waals surface area contributed by atoms with Crippen molar-refractivity contribution < 1.29 is 23.8 Å². The molecule has 0 unspecified atom stereocenters. The zero-order valence-corrected chi connectivity index (χ0v) is 14.9. The van der Waals surface area contributed by atoms with Crippen molar-refractivity contribution in [3.05, 3.63) is 71.3 Å². The smallest absolute Gasteiger partial charge is 0.180 e. The number of fused-ring (bicyclic) bond motifs is 2. The van der Waals surface area contributed by atoms with E-state index in [1.54, 1.807) is 24.3 Å². The minimum atomic E-state index is -0.980. The molecule has 0 atom stereocenters. The number of ether oxygens (including phenoxy) is 3. The van der Waals surface area contributed by atoms with Crippen molar-refractivity contribution in [2.45, 2.75) is 19.3 Å². The highest BCUT2D eigenvalue weighted by molar-refractivity contribution is 6.32. The van der Waals surface area contributed by atoms with E-state index < -0.39 is 17.1 Å². The maximum absolute atomic E-state index is 12.9. The number of carbonyl (C=O) groups is 2. The normalized spacial score (nSPS) is 27.9. The molecule has 1 aliphatic heterocycles. The van der Waals surface area contributed by atoms with Crippen molar-refractivity contribution in [1.82, 2.24) is 0 Å². The lowest BCUT2D eigenvalue weighted by Gasteiger charge is -2.31. The lowest BCUT2D eigenvalue weighted by Crippen LogP contribution is -2.41. The summed E-state index contributed by atoms with van der Waals surface area (Å²) >= 11 is 0. The van der Waals surface area contributed by atoms with Crippen molar-refractivity contribution in [3.63, 3.8) is 0 Å². The van der Waals surface area contributed by atoms with Gasteiger partial charge >= 0.3 is 0 Å². The Balaban J connectivity index is 1.21. The van der Waals surface area contributed by atoms with Gasteiger partial charge in [0.1, 0.15) is 5.41 Å². The second-order valence-corrected chi connectivity index (χ2v) is 7.62. The molecule has 138 valence electrons. The van der Waals surface area contributed by atoms with Crippen LogP contribution >= 0.6 is 0 Å². The third-order valence-electron chi connectivity index (χ3n) is 6.03. The maximum Gasteiger partial charge on any atom is 0.180 e. The molecule has 5 nitrogen and oxygen atoms in total. The fourth-order valence-electron chi connectivity index (χ4n) is 4.43. The first-order chi connectivity index (χ1) is 13.2. The summed E-state index contributed by atoms with van der Waals surface area (Å²) in [5, 5.41) is 0. The number of carbonyl (C=O) groups excluding carboxylic acids is 2. The summed E-state index contributed by atoms with van der Waals surface area (Å²) in [4.78, 5) is 25.8. The van der Waals surface area contributed by atoms with E-state index in [-0.39, 0.29) is 11.6 Å². The molecule has 2 aromatic carbocycles. The predicted molar refractivity (Wildman–Crippen MR) is 96.4 cm³/mol. The second-order valence-electron chi connectivity index (χ2n) is 7.62. The van der Waals surface area contributed by atoms with Gasteiger partial charge in [0.25, 0.3) is 0 Å². The number of Topliss-reactive ketones (excluding diaryl/α,β-unsaturated/α-hetero) is 2. The SMILES string of the molecule is O=C1c2ccccc2C(=O)C12CC21COC(COCc2ccccc2)OC1. The standard InChI is InChI=1S/C22H20O5/c23-19-16-8-4-5-9-17(16)20(24)22(19)12-21(22)13-26-18(27-14-21)11-25-10-15-6-2-1-3-7-15/h1-9,18H,10-14H2. The first kappa shape index (κ1) is 16.8. The van der Waals surface area contributed by atoms with Crippen LogP contribution in [0.15, 0.2) is 54.6 Å². The van der Waals surface area contributed by atoms with Crippen LogP contribution in [0, 0.1) is 10.8 Å². The predicted octanol–water partition coefficient (Wildman–Crippen LogP) is 3.03. The number of benzene rings is 2. The van der Waals surface area contributed by atoms with Crippen LogP contribution in [-0.2, 0) is 20.8 Å². The van der Waals surface area contributed by atoms with Crippen LogP contribution in [0.25, 0.3) is 0 Å². The lowest BCUT2D eigenvalue weighted by molar-refractivity contribution is -0.231. The molecule has 5 heteroatoms. The average molecular weight is 364 g/mol. The molecule has 1 saturated heterocycles. The van der Waals surface area contributed by atoms with Gasteiger partial charge in [0.05, 0.1) is 26.4 Å². The van der Waals surface area contributed by atoms with Crippen LogP contribution in [0.3, 0.4) is 0 Å². The Morgan fingerprint density at radius 2 is 1.48 bits per heavy atom. The van der Waals surface area contributed by atoms with Crippen LogP contribution < -0.4 is 0 Å². The van der Waals surface area contributed by atoms with Gasteiger partial charge in [-0.3, -0.25) is 9.59 Å². The third kappa shape index (κ3) is 2.42. The van der Waals surface area contributed by atoms with Gasteiger partial charge in [-0.25, -0.2) is 0 Å². The van der Waals surface area contributed by atoms with Gasteiger partial charge in [-0.15, -0.1) is 0 Å². The summed E-state index contributed by atoms with van der Waals surface area (Å²) in [5.74, 6) is -0.150. The molecule has 1 heterocycles. The fraction of sp³-hybridized carbons (Fsp3) is 0.364. The quantitative estimate of drug-likeness (QED) is 0.781. The Labute approximate surface area is 157 Å². The summed E-state index contributed by atoms with van der Waals surface area (Å²) in [6.45, 7) is 1.50. The molecule has 2 aromatic rings. The molecule has 3 aliphatic rings. The van der Waals surface area contributed by atoms with E-state index in [4.69, 9.17) is 14.2 Å². The molecular formula is C22H20O5. The van der Waals surface area contributed by atoms with Crippen molar-refractivity contribution in [1.29, 1.82) is 0 Å². The molecule has 0 amide bonds. The monoisotopic (exact) mass is 364 g/mol. The van der Waals surface area contributed by atoms with Gasteiger partial charge < -0.3 is 14.2 Å². The maximum atomic E-state index is 12.9. The third-order valence-corrected chi connectivity index (χ3v) is 6.03. The molecule has 5 rings (SSSR count). The summed E-state index contributed by atoms with van der Waals surface area (Å²) in [5.41, 5.74) is 0.647. The average Bonchev–Trinajstić information content (AvgIpc) is 3.32. The van der Waals surface area contributed by atoms with E-state index in [0.29, 0.717) is 44.0 Å². The molecule has 0 aromatic heterocycles. The van der Waals surface area contributed by atoms with Gasteiger partial charge in [0, 0.05) is 16.5 Å².